The Hall–Kier alpha value is -5.20. The highest BCUT2D eigenvalue weighted by Crippen LogP contribution is 2.42. The number of terminal acetylenes is 2. The highest BCUT2D eigenvalue weighted by molar-refractivity contribution is 5.59. The second-order valence-electron chi connectivity index (χ2n) is 8.91. The summed E-state index contributed by atoms with van der Waals surface area (Å²) in [6.45, 7) is 0. The summed E-state index contributed by atoms with van der Waals surface area (Å²) in [4.78, 5) is 0. The molecule has 42 heavy (non-hydrogen) atoms. The van der Waals surface area contributed by atoms with Crippen LogP contribution in [0.15, 0.2) is 84.9 Å². The van der Waals surface area contributed by atoms with Crippen LogP contribution in [0.5, 0.6) is 34.5 Å². The normalized spacial score (nSPS) is 11.3. The van der Waals surface area contributed by atoms with Crippen LogP contribution in [0, 0.1) is 24.7 Å². The Kier molecular flexibility index (Phi) is 11.6. The first-order valence-corrected chi connectivity index (χ1v) is 13.1. The van der Waals surface area contributed by atoms with Gasteiger partial charge in [-0.25, -0.2) is 0 Å². The van der Waals surface area contributed by atoms with Gasteiger partial charge in [-0.3, -0.25) is 0 Å². The van der Waals surface area contributed by atoms with E-state index in [2.05, 4.69) is 11.8 Å². The molecule has 0 saturated carbocycles. The van der Waals surface area contributed by atoms with Gasteiger partial charge in [0.2, 0.25) is 0 Å². The van der Waals surface area contributed by atoms with Gasteiger partial charge in [0.25, 0.3) is 0 Å². The molecular weight excluding hydrogens is 528 g/mol. The predicted molar refractivity (Wildman–Crippen MR) is 166 cm³/mol. The molecular formula is C36H36O6. The minimum Gasteiger partial charge on any atom is -0.496 e. The summed E-state index contributed by atoms with van der Waals surface area (Å²) in [5, 5.41) is 0. The lowest BCUT2D eigenvalue weighted by molar-refractivity contribution is 0.368. The van der Waals surface area contributed by atoms with Crippen molar-refractivity contribution in [3.8, 4) is 59.2 Å². The van der Waals surface area contributed by atoms with Crippen LogP contribution in [-0.2, 0) is 0 Å². The van der Waals surface area contributed by atoms with Crippen molar-refractivity contribution >= 4 is 0 Å². The van der Waals surface area contributed by atoms with Crippen LogP contribution in [-0.4, -0.2) is 42.7 Å². The van der Waals surface area contributed by atoms with E-state index in [0.717, 1.165) is 22.3 Å². The average molecular weight is 565 g/mol. The quantitative estimate of drug-likeness (QED) is 0.194. The molecule has 0 bridgehead atoms. The van der Waals surface area contributed by atoms with Gasteiger partial charge < -0.3 is 28.4 Å². The molecule has 0 aliphatic heterocycles. The molecule has 4 aromatic rings. The Morgan fingerprint density at radius 2 is 0.738 bits per heavy atom. The highest BCUT2D eigenvalue weighted by Gasteiger charge is 2.23. The summed E-state index contributed by atoms with van der Waals surface area (Å²) >= 11 is 0. The minimum atomic E-state index is -0.248. The van der Waals surface area contributed by atoms with Crippen LogP contribution in [0.2, 0.25) is 0 Å². The van der Waals surface area contributed by atoms with Crippen molar-refractivity contribution in [2.45, 2.75) is 11.8 Å². The van der Waals surface area contributed by atoms with E-state index in [-0.39, 0.29) is 11.8 Å². The average Bonchev–Trinajstić information content (AvgIpc) is 3.06. The van der Waals surface area contributed by atoms with Crippen molar-refractivity contribution in [2.24, 2.45) is 0 Å². The van der Waals surface area contributed by atoms with Gasteiger partial charge in [-0.05, 0) is 11.1 Å². The Balaban J connectivity index is 0.000000230. The second-order valence-corrected chi connectivity index (χ2v) is 8.91. The fourth-order valence-corrected chi connectivity index (χ4v) is 4.62. The van der Waals surface area contributed by atoms with Gasteiger partial charge in [-0.2, -0.15) is 0 Å². The Morgan fingerprint density at radius 3 is 0.952 bits per heavy atom. The van der Waals surface area contributed by atoms with E-state index in [0.29, 0.717) is 34.5 Å². The third-order valence-electron chi connectivity index (χ3n) is 6.68. The zero-order chi connectivity index (χ0) is 30.5. The predicted octanol–water partition coefficient (Wildman–Crippen LogP) is 6.96. The summed E-state index contributed by atoms with van der Waals surface area (Å²) in [6, 6.07) is 27.0. The summed E-state index contributed by atoms with van der Waals surface area (Å²) in [7, 11) is 9.63. The summed E-state index contributed by atoms with van der Waals surface area (Å²) < 4.78 is 32.4. The maximum Gasteiger partial charge on any atom is 0.131 e. The first kappa shape index (κ1) is 31.3. The Labute approximate surface area is 249 Å². The zero-order valence-corrected chi connectivity index (χ0v) is 24.8. The minimum absolute atomic E-state index is 0.248. The number of hydrogen-bond donors (Lipinski definition) is 0. The standard InChI is InChI=1S/2C18H18O3/c2*1-5-15(13-9-7-6-8-10-13)18-16(20-3)11-14(19-2)12-17(18)21-4/h2*1,6-12,15H,2-4H3/t2*15-/m00/s1. The first-order chi connectivity index (χ1) is 20.5. The van der Waals surface area contributed by atoms with Gasteiger partial charge in [-0.1, -0.05) is 72.5 Å². The van der Waals surface area contributed by atoms with Gasteiger partial charge in [0.15, 0.2) is 0 Å². The lowest BCUT2D eigenvalue weighted by Crippen LogP contribution is -2.05. The SMILES string of the molecule is C#C[C@@H](c1ccccc1)c1c(OC)cc(OC)cc1OC.C#C[C@@H](c1ccccc1)c1c(OC)cc(OC)cc1OC. The lowest BCUT2D eigenvalue weighted by Gasteiger charge is -2.19. The molecule has 0 aliphatic carbocycles. The molecule has 0 N–H and O–H groups in total. The van der Waals surface area contributed by atoms with Gasteiger partial charge in [0.1, 0.15) is 34.5 Å². The van der Waals surface area contributed by atoms with Gasteiger partial charge in [-0.15, -0.1) is 12.8 Å². The number of benzene rings is 4. The van der Waals surface area contributed by atoms with Crippen molar-refractivity contribution in [1.29, 1.82) is 0 Å². The molecule has 0 aromatic heterocycles. The smallest absolute Gasteiger partial charge is 0.131 e. The van der Waals surface area contributed by atoms with Crippen molar-refractivity contribution < 1.29 is 28.4 Å². The van der Waals surface area contributed by atoms with Crippen LogP contribution in [0.4, 0.5) is 0 Å². The van der Waals surface area contributed by atoms with Crippen LogP contribution in [0.25, 0.3) is 0 Å². The van der Waals surface area contributed by atoms with E-state index in [1.165, 1.54) is 0 Å². The molecule has 6 heteroatoms. The van der Waals surface area contributed by atoms with Crippen LogP contribution < -0.4 is 28.4 Å². The van der Waals surface area contributed by atoms with Gasteiger partial charge >= 0.3 is 0 Å². The fourth-order valence-electron chi connectivity index (χ4n) is 4.62. The highest BCUT2D eigenvalue weighted by atomic mass is 16.5. The molecule has 0 unspecified atom stereocenters. The summed E-state index contributed by atoms with van der Waals surface area (Å²) in [6.07, 6.45) is 11.5. The monoisotopic (exact) mass is 564 g/mol. The fraction of sp³-hybridized carbons (Fsp3) is 0.222. The number of ether oxygens (including phenoxy) is 6. The van der Waals surface area contributed by atoms with E-state index in [4.69, 9.17) is 41.3 Å². The molecule has 0 spiro atoms. The van der Waals surface area contributed by atoms with E-state index in [1.54, 1.807) is 42.7 Å². The van der Waals surface area contributed by atoms with Crippen molar-refractivity contribution in [2.75, 3.05) is 42.7 Å². The molecule has 4 aromatic carbocycles. The van der Waals surface area contributed by atoms with Crippen LogP contribution in [0.1, 0.15) is 34.1 Å². The van der Waals surface area contributed by atoms with Crippen molar-refractivity contribution in [3.05, 3.63) is 107 Å². The molecule has 0 saturated heterocycles. The molecule has 2 atom stereocenters. The van der Waals surface area contributed by atoms with Gasteiger partial charge in [0, 0.05) is 24.3 Å². The maximum absolute atomic E-state index is 5.76. The lowest BCUT2D eigenvalue weighted by atomic mass is 9.90. The first-order valence-electron chi connectivity index (χ1n) is 13.1. The van der Waals surface area contributed by atoms with Crippen molar-refractivity contribution in [1.82, 2.24) is 0 Å². The topological polar surface area (TPSA) is 55.4 Å². The van der Waals surface area contributed by atoms with E-state index < -0.39 is 0 Å². The molecule has 0 radical (unpaired) electrons. The molecule has 0 heterocycles. The summed E-state index contributed by atoms with van der Waals surface area (Å²) in [5.41, 5.74) is 3.69. The van der Waals surface area contributed by atoms with E-state index >= 15 is 0 Å². The largest absolute Gasteiger partial charge is 0.496 e. The number of rotatable bonds is 10. The molecule has 0 amide bonds. The second kappa shape index (κ2) is 15.6. The van der Waals surface area contributed by atoms with E-state index in [9.17, 15) is 0 Å². The molecule has 0 fully saturated rings. The zero-order valence-electron chi connectivity index (χ0n) is 24.8. The summed E-state index contributed by atoms with van der Waals surface area (Å²) in [5.74, 6) is 9.08. The molecule has 4 rings (SSSR count). The van der Waals surface area contributed by atoms with Crippen molar-refractivity contribution in [3.63, 3.8) is 0 Å². The third-order valence-corrected chi connectivity index (χ3v) is 6.68. The van der Waals surface area contributed by atoms with Crippen LogP contribution >= 0.6 is 0 Å². The Morgan fingerprint density at radius 1 is 0.452 bits per heavy atom. The number of methoxy groups -OCH3 is 6. The van der Waals surface area contributed by atoms with Gasteiger partial charge in [0.05, 0.1) is 65.6 Å². The molecule has 0 aliphatic rings. The van der Waals surface area contributed by atoms with Crippen LogP contribution in [0.3, 0.4) is 0 Å². The maximum atomic E-state index is 5.76. The van der Waals surface area contributed by atoms with E-state index in [1.807, 2.05) is 84.9 Å². The molecule has 6 nitrogen and oxygen atoms in total. The number of hydrogen-bond acceptors (Lipinski definition) is 6. The molecule has 216 valence electrons. The Bertz CT molecular complexity index is 1350. The third kappa shape index (κ3) is 7.11.